The summed E-state index contributed by atoms with van der Waals surface area (Å²) in [4.78, 5) is 14.6. The van der Waals surface area contributed by atoms with Gasteiger partial charge in [0, 0.05) is 80.1 Å². The van der Waals surface area contributed by atoms with Crippen molar-refractivity contribution in [1.82, 2.24) is 19.5 Å². The zero-order valence-corrected chi connectivity index (χ0v) is 43.2. The molecule has 0 bridgehead atoms. The van der Waals surface area contributed by atoms with Gasteiger partial charge in [0.2, 0.25) is 5.71 Å². The van der Waals surface area contributed by atoms with Crippen LogP contribution >= 0.6 is 0 Å². The van der Waals surface area contributed by atoms with Crippen LogP contribution in [0.25, 0.3) is 116 Å². The molecule has 0 aliphatic heterocycles. The number of aryl methyl sites for hydroxylation is 4. The number of aromatic nitrogens is 4. The summed E-state index contributed by atoms with van der Waals surface area (Å²) < 4.78 is 53.8. The summed E-state index contributed by atoms with van der Waals surface area (Å²) in [5, 5.41) is 9.56. The van der Waals surface area contributed by atoms with Gasteiger partial charge in [-0.15, -0.1) is 36.4 Å². The minimum absolute atomic E-state index is 0. The molecule has 0 unspecified atom stereocenters. The van der Waals surface area contributed by atoms with Crippen LogP contribution in [-0.2, 0) is 20.1 Å². The van der Waals surface area contributed by atoms with Crippen molar-refractivity contribution in [1.29, 1.82) is 0 Å². The Morgan fingerprint density at radius 1 is 0.620 bits per heavy atom. The van der Waals surface area contributed by atoms with Gasteiger partial charge in [0.05, 0.1) is 30.5 Å². The first-order chi connectivity index (χ1) is 35.1. The largest absolute Gasteiger partial charge is 0.486 e. The number of halogens is 1. The summed E-state index contributed by atoms with van der Waals surface area (Å²) in [6.07, 6.45) is 1.60. The number of hydrogen-bond acceptors (Lipinski definition) is 5. The number of benzene rings is 8. The van der Waals surface area contributed by atoms with Gasteiger partial charge in [0.25, 0.3) is 0 Å². The number of pyridine rings is 2. The molecule has 13 aromatic rings. The van der Waals surface area contributed by atoms with Crippen LogP contribution < -0.4 is 5.19 Å². The number of fused-ring (bicyclic) bond motifs is 12. The maximum absolute atomic E-state index is 14.8. The molecule has 0 N–H and O–H groups in total. The third-order valence-electron chi connectivity index (χ3n) is 13.4. The second-order valence-corrected chi connectivity index (χ2v) is 24.1. The normalized spacial score (nSPS) is 12.6. The molecular weight excluding hydrogens is 1070 g/mol. The number of hydrogen-bond donors (Lipinski definition) is 0. The predicted octanol–water partition coefficient (Wildman–Crippen LogP) is 16.1. The van der Waals surface area contributed by atoms with Crippen LogP contribution in [0.15, 0.2) is 167 Å². The van der Waals surface area contributed by atoms with Crippen molar-refractivity contribution in [3.05, 3.63) is 198 Å². The summed E-state index contributed by atoms with van der Waals surface area (Å²) in [6, 6.07) is 56.4. The molecular formula is C62H47FIrN4O2Si-2. The Kier molecular flexibility index (Phi) is 10.5. The number of rotatable bonds is 5. The van der Waals surface area contributed by atoms with Crippen LogP contribution in [0.5, 0.6) is 0 Å². The average molecular weight is 1120 g/mol. The molecule has 8 aromatic carbocycles. The Morgan fingerprint density at radius 2 is 1.32 bits per heavy atom. The first-order valence-corrected chi connectivity index (χ1v) is 26.9. The summed E-state index contributed by atoms with van der Waals surface area (Å²) >= 11 is 0. The molecule has 71 heavy (non-hydrogen) atoms. The predicted molar refractivity (Wildman–Crippen MR) is 289 cm³/mol. The van der Waals surface area contributed by atoms with Gasteiger partial charge in [-0.3, -0.25) is 9.37 Å². The van der Waals surface area contributed by atoms with Crippen molar-refractivity contribution in [2.75, 3.05) is 0 Å². The van der Waals surface area contributed by atoms with Crippen molar-refractivity contribution >= 4 is 89.8 Å². The number of nitrogens with zero attached hydrogens (tertiary/aromatic N) is 4. The van der Waals surface area contributed by atoms with E-state index in [2.05, 4.69) is 134 Å². The van der Waals surface area contributed by atoms with Gasteiger partial charge in [0.1, 0.15) is 11.2 Å². The van der Waals surface area contributed by atoms with E-state index in [4.69, 9.17) is 22.9 Å². The SMILES string of the molecule is Cc1ccc2c(n1)oc1c(-c3nc4c5ccccc5c5ccccc5c4n3-c3c(C)cc4c(oc5ccccc54)c3C)[c-]ccc12.[2H]C([2H])([2H])c1cc(-c2[c-]cc(-c3ccccc3)cc2F)ncc1[Si](C)(C)C.[Ir]. The molecule has 0 aliphatic rings. The summed E-state index contributed by atoms with van der Waals surface area (Å²) in [5.74, 6) is 0.292. The van der Waals surface area contributed by atoms with E-state index in [0.717, 1.165) is 105 Å². The maximum Gasteiger partial charge on any atom is 0.216 e. The van der Waals surface area contributed by atoms with Gasteiger partial charge in [-0.2, -0.15) is 0 Å². The summed E-state index contributed by atoms with van der Waals surface area (Å²) in [5.41, 5.74) is 12.3. The van der Waals surface area contributed by atoms with E-state index >= 15 is 0 Å². The van der Waals surface area contributed by atoms with Gasteiger partial charge in [-0.1, -0.05) is 156 Å². The molecule has 9 heteroatoms. The monoisotopic (exact) mass is 1120 g/mol. The van der Waals surface area contributed by atoms with Crippen LogP contribution in [0.1, 0.15) is 26.5 Å². The summed E-state index contributed by atoms with van der Waals surface area (Å²) in [7, 11) is -1.90. The second kappa shape index (κ2) is 17.7. The minimum Gasteiger partial charge on any atom is -0.486 e. The molecule has 0 aliphatic carbocycles. The smallest absolute Gasteiger partial charge is 0.216 e. The van der Waals surface area contributed by atoms with Crippen molar-refractivity contribution < 1.29 is 37.4 Å². The van der Waals surface area contributed by atoms with Gasteiger partial charge >= 0.3 is 0 Å². The van der Waals surface area contributed by atoms with E-state index < -0.39 is 20.7 Å². The third-order valence-corrected chi connectivity index (χ3v) is 15.5. The van der Waals surface area contributed by atoms with Crippen LogP contribution in [0, 0.1) is 45.6 Å². The van der Waals surface area contributed by atoms with E-state index in [9.17, 15) is 4.39 Å². The zero-order chi connectivity index (χ0) is 50.5. The summed E-state index contributed by atoms with van der Waals surface area (Å²) in [6.45, 7) is 10.3. The van der Waals surface area contributed by atoms with Gasteiger partial charge in [0.15, 0.2) is 0 Å². The Morgan fingerprint density at radius 3 is 2.07 bits per heavy atom. The van der Waals surface area contributed by atoms with E-state index in [1.807, 2.05) is 61.5 Å². The van der Waals surface area contributed by atoms with Crippen LogP contribution in [-0.4, -0.2) is 27.6 Å². The first-order valence-electron chi connectivity index (χ1n) is 24.9. The Hall–Kier alpha value is -7.55. The standard InChI is InChI=1S/C41H26N3O2.C21H21FNSi.Ir/c1-22-21-33-27-13-8-9-18-34(27)45-38(33)24(3)36(22)44-37-29-15-7-5-12-26(29)25-11-4-6-14-28(25)35(37)43-40(44)32-17-10-16-30-31-20-19-23(2)42-41(31)46-39(30)32;1-15-12-20(23-14-21(15)24(2,3)4)18-11-10-17(13-19(18)22)16-8-6-5-7-9-16;/h4-16,18-21H,1-3H3;5-10,12-14H,1-4H3;/q2*-1;/i;1D3;. The zero-order valence-electron chi connectivity index (χ0n) is 42.8. The van der Waals surface area contributed by atoms with Crippen molar-refractivity contribution in [2.24, 2.45) is 0 Å². The molecule has 5 heterocycles. The maximum atomic E-state index is 14.8. The fourth-order valence-corrected chi connectivity index (χ4v) is 11.5. The van der Waals surface area contributed by atoms with Crippen LogP contribution in [0.4, 0.5) is 4.39 Å². The molecule has 0 atom stereocenters. The molecule has 0 fully saturated rings. The van der Waals surface area contributed by atoms with Crippen molar-refractivity contribution in [3.63, 3.8) is 0 Å². The Bertz CT molecular complexity index is 4370. The van der Waals surface area contributed by atoms with Crippen LogP contribution in [0.2, 0.25) is 19.6 Å². The van der Waals surface area contributed by atoms with Gasteiger partial charge in [-0.05, 0) is 79.1 Å². The Balaban J connectivity index is 0.000000181. The average Bonchev–Trinajstić information content (AvgIpc) is 4.08. The van der Waals surface area contributed by atoms with Gasteiger partial charge < -0.3 is 18.4 Å². The second-order valence-electron chi connectivity index (χ2n) is 19.0. The van der Waals surface area contributed by atoms with Crippen molar-refractivity contribution in [2.45, 2.75) is 47.3 Å². The molecule has 349 valence electrons. The molecule has 13 rings (SSSR count). The minimum atomic E-state index is -2.27. The molecule has 1 radical (unpaired) electrons. The first kappa shape index (κ1) is 42.3. The molecule has 0 spiro atoms. The van der Waals surface area contributed by atoms with E-state index in [-0.39, 0.29) is 31.2 Å². The quantitative estimate of drug-likeness (QED) is 0.0976. The third kappa shape index (κ3) is 7.67. The molecule has 0 saturated heterocycles. The number of furan rings is 2. The molecule has 0 amide bonds. The fourth-order valence-electron chi connectivity index (χ4n) is 10.1. The Labute approximate surface area is 429 Å². The molecule has 6 nitrogen and oxygen atoms in total. The van der Waals surface area contributed by atoms with Crippen molar-refractivity contribution in [3.8, 4) is 39.5 Å². The van der Waals surface area contributed by atoms with E-state index in [1.54, 1.807) is 12.3 Å². The number of para-hydroxylation sites is 1. The van der Waals surface area contributed by atoms with Gasteiger partial charge in [-0.25, -0.2) is 4.98 Å². The molecule has 5 aromatic heterocycles. The molecule has 0 saturated carbocycles. The topological polar surface area (TPSA) is 69.9 Å². The number of imidazole rings is 1. The fraction of sp³-hybridized carbons (Fsp3) is 0.113. The van der Waals surface area contributed by atoms with E-state index in [1.165, 1.54) is 22.9 Å². The van der Waals surface area contributed by atoms with Crippen LogP contribution in [0.3, 0.4) is 0 Å². The van der Waals surface area contributed by atoms with E-state index in [0.29, 0.717) is 17.0 Å².